The van der Waals surface area contributed by atoms with E-state index in [1.165, 1.54) is 37.7 Å². The second-order valence-electron chi connectivity index (χ2n) is 7.17. The zero-order valence-corrected chi connectivity index (χ0v) is 15.8. The molecular formula is C18H27N3O3S. The van der Waals surface area contributed by atoms with Crippen LogP contribution in [0, 0.1) is 0 Å². The number of urea groups is 1. The molecule has 1 aromatic carbocycles. The molecule has 0 saturated heterocycles. The van der Waals surface area contributed by atoms with Gasteiger partial charge < -0.3 is 10.2 Å². The summed E-state index contributed by atoms with van der Waals surface area (Å²) in [7, 11) is -0.404. The molecule has 2 aliphatic rings. The van der Waals surface area contributed by atoms with Crippen molar-refractivity contribution in [3.05, 3.63) is 29.3 Å². The number of carbonyl (C=O) groups excluding carboxylic acids is 1. The topological polar surface area (TPSA) is 69.7 Å². The number of carbonyl (C=O) groups is 1. The van der Waals surface area contributed by atoms with E-state index in [1.807, 2.05) is 6.07 Å². The zero-order valence-electron chi connectivity index (χ0n) is 15.0. The predicted molar refractivity (Wildman–Crippen MR) is 96.8 cm³/mol. The van der Waals surface area contributed by atoms with Gasteiger partial charge in [0.05, 0.1) is 4.90 Å². The van der Waals surface area contributed by atoms with Crippen LogP contribution in [0.3, 0.4) is 0 Å². The summed E-state index contributed by atoms with van der Waals surface area (Å²) in [6, 6.07) is 5.50. The van der Waals surface area contributed by atoms with Crippen LogP contribution in [0.2, 0.25) is 0 Å². The smallest absolute Gasteiger partial charge is 0.317 e. The summed E-state index contributed by atoms with van der Waals surface area (Å²) in [5.74, 6) is 0. The fourth-order valence-electron chi connectivity index (χ4n) is 3.59. The molecule has 3 rings (SSSR count). The van der Waals surface area contributed by atoms with Crippen molar-refractivity contribution in [1.82, 2.24) is 14.5 Å². The standard InChI is InChI=1S/C18H27N3O3S/c1-20(2)25(23,24)17-9-8-14-10-11-21(13-15(14)12-17)18(22)19-16-6-4-3-5-7-16/h8-9,12,16H,3-7,10-11,13H2,1-2H3,(H,19,22). The molecule has 6 nitrogen and oxygen atoms in total. The molecule has 0 bridgehead atoms. The van der Waals surface area contributed by atoms with Crippen LogP contribution in [0.4, 0.5) is 4.79 Å². The van der Waals surface area contributed by atoms with Gasteiger partial charge in [0, 0.05) is 33.2 Å². The van der Waals surface area contributed by atoms with Crippen LogP contribution < -0.4 is 5.32 Å². The fourth-order valence-corrected chi connectivity index (χ4v) is 4.54. The molecule has 0 radical (unpaired) electrons. The Morgan fingerprint density at radius 1 is 1.16 bits per heavy atom. The van der Waals surface area contributed by atoms with Crippen molar-refractivity contribution in [3.8, 4) is 0 Å². The molecule has 25 heavy (non-hydrogen) atoms. The Morgan fingerprint density at radius 3 is 2.56 bits per heavy atom. The molecule has 138 valence electrons. The van der Waals surface area contributed by atoms with Crippen molar-refractivity contribution < 1.29 is 13.2 Å². The zero-order chi connectivity index (χ0) is 18.0. The van der Waals surface area contributed by atoms with E-state index in [0.29, 0.717) is 13.1 Å². The van der Waals surface area contributed by atoms with Gasteiger partial charge in [-0.25, -0.2) is 17.5 Å². The number of nitrogens with one attached hydrogen (secondary N) is 1. The third-order valence-electron chi connectivity index (χ3n) is 5.19. The van der Waals surface area contributed by atoms with E-state index < -0.39 is 10.0 Å². The summed E-state index contributed by atoms with van der Waals surface area (Å²) in [5.41, 5.74) is 2.05. The van der Waals surface area contributed by atoms with Crippen molar-refractivity contribution in [3.63, 3.8) is 0 Å². The monoisotopic (exact) mass is 365 g/mol. The first kappa shape index (κ1) is 18.2. The molecule has 1 aromatic rings. The van der Waals surface area contributed by atoms with Crippen molar-refractivity contribution >= 4 is 16.1 Å². The van der Waals surface area contributed by atoms with Crippen molar-refractivity contribution in [2.24, 2.45) is 0 Å². The first-order valence-corrected chi connectivity index (χ1v) is 10.4. The number of benzene rings is 1. The van der Waals surface area contributed by atoms with E-state index in [-0.39, 0.29) is 17.0 Å². The van der Waals surface area contributed by atoms with Gasteiger partial charge in [-0.2, -0.15) is 0 Å². The Morgan fingerprint density at radius 2 is 1.88 bits per heavy atom. The summed E-state index contributed by atoms with van der Waals surface area (Å²) >= 11 is 0. The van der Waals surface area contributed by atoms with Gasteiger partial charge in [0.1, 0.15) is 0 Å². The van der Waals surface area contributed by atoms with Crippen LogP contribution in [0.25, 0.3) is 0 Å². The number of amides is 2. The molecule has 1 N–H and O–H groups in total. The molecule has 1 saturated carbocycles. The van der Waals surface area contributed by atoms with Crippen LogP contribution in [0.15, 0.2) is 23.1 Å². The Bertz CT molecular complexity index is 740. The molecule has 0 atom stereocenters. The third-order valence-corrected chi connectivity index (χ3v) is 7.00. The summed E-state index contributed by atoms with van der Waals surface area (Å²) in [5, 5.41) is 3.14. The minimum Gasteiger partial charge on any atom is -0.335 e. The van der Waals surface area contributed by atoms with Gasteiger partial charge in [0.15, 0.2) is 0 Å². The normalized spacial score (nSPS) is 18.9. The van der Waals surface area contributed by atoms with E-state index in [9.17, 15) is 13.2 Å². The lowest BCUT2D eigenvalue weighted by Crippen LogP contribution is -2.47. The quantitative estimate of drug-likeness (QED) is 0.894. The number of hydrogen-bond donors (Lipinski definition) is 1. The van der Waals surface area contributed by atoms with E-state index >= 15 is 0 Å². The van der Waals surface area contributed by atoms with Crippen molar-refractivity contribution in [1.29, 1.82) is 0 Å². The van der Waals surface area contributed by atoms with Gasteiger partial charge in [0.2, 0.25) is 10.0 Å². The third kappa shape index (κ3) is 3.98. The number of rotatable bonds is 3. The lowest BCUT2D eigenvalue weighted by molar-refractivity contribution is 0.184. The van der Waals surface area contributed by atoms with Gasteiger partial charge in [-0.05, 0) is 42.5 Å². The Balaban J connectivity index is 1.72. The molecule has 1 aliphatic carbocycles. The molecule has 2 amide bonds. The largest absolute Gasteiger partial charge is 0.335 e. The first-order valence-electron chi connectivity index (χ1n) is 8.97. The van der Waals surface area contributed by atoms with Gasteiger partial charge >= 0.3 is 6.03 Å². The van der Waals surface area contributed by atoms with Crippen LogP contribution in [-0.2, 0) is 23.0 Å². The summed E-state index contributed by atoms with van der Waals surface area (Å²) < 4.78 is 25.9. The molecule has 0 aromatic heterocycles. The van der Waals surface area contributed by atoms with Crippen LogP contribution in [0.1, 0.15) is 43.2 Å². The van der Waals surface area contributed by atoms with E-state index in [4.69, 9.17) is 0 Å². The van der Waals surface area contributed by atoms with Crippen molar-refractivity contribution in [2.45, 2.75) is 56.0 Å². The Kier molecular flexibility index (Phi) is 5.34. The molecule has 7 heteroatoms. The summed E-state index contributed by atoms with van der Waals surface area (Å²) in [6.07, 6.45) is 6.49. The molecule has 1 heterocycles. The number of fused-ring (bicyclic) bond motifs is 1. The van der Waals surface area contributed by atoms with E-state index in [1.54, 1.807) is 17.0 Å². The van der Waals surface area contributed by atoms with Crippen LogP contribution in [0.5, 0.6) is 0 Å². The van der Waals surface area contributed by atoms with Gasteiger partial charge in [-0.3, -0.25) is 0 Å². The fraction of sp³-hybridized carbons (Fsp3) is 0.611. The highest BCUT2D eigenvalue weighted by atomic mass is 32.2. The molecule has 1 fully saturated rings. The highest BCUT2D eigenvalue weighted by Crippen LogP contribution is 2.24. The number of sulfonamides is 1. The maximum atomic E-state index is 12.6. The van der Waals surface area contributed by atoms with Gasteiger partial charge in [-0.1, -0.05) is 25.3 Å². The summed E-state index contributed by atoms with van der Waals surface area (Å²) in [6.45, 7) is 1.13. The van der Waals surface area contributed by atoms with E-state index in [2.05, 4.69) is 5.32 Å². The molecular weight excluding hydrogens is 338 g/mol. The highest BCUT2D eigenvalue weighted by molar-refractivity contribution is 7.89. The molecule has 0 unspecified atom stereocenters. The minimum atomic E-state index is -3.46. The Hall–Kier alpha value is -1.60. The van der Waals surface area contributed by atoms with Crippen LogP contribution >= 0.6 is 0 Å². The lowest BCUT2D eigenvalue weighted by atomic mass is 9.95. The minimum absolute atomic E-state index is 0.0292. The van der Waals surface area contributed by atoms with E-state index in [0.717, 1.165) is 30.4 Å². The lowest BCUT2D eigenvalue weighted by Gasteiger charge is -2.32. The second-order valence-corrected chi connectivity index (χ2v) is 9.33. The summed E-state index contributed by atoms with van der Waals surface area (Å²) in [4.78, 5) is 14.6. The average Bonchev–Trinajstić information content (AvgIpc) is 2.61. The Labute approximate surface area is 150 Å². The average molecular weight is 365 g/mol. The maximum absolute atomic E-state index is 12.6. The number of nitrogens with zero attached hydrogens (tertiary/aromatic N) is 2. The number of hydrogen-bond acceptors (Lipinski definition) is 3. The van der Waals surface area contributed by atoms with Gasteiger partial charge in [0.25, 0.3) is 0 Å². The first-order chi connectivity index (χ1) is 11.9. The molecule has 0 spiro atoms. The second kappa shape index (κ2) is 7.33. The van der Waals surface area contributed by atoms with Crippen molar-refractivity contribution in [2.75, 3.05) is 20.6 Å². The van der Waals surface area contributed by atoms with Crippen LogP contribution in [-0.4, -0.2) is 50.3 Å². The van der Waals surface area contributed by atoms with Gasteiger partial charge in [-0.15, -0.1) is 0 Å². The predicted octanol–water partition coefficient (Wildman–Crippen LogP) is 2.34. The maximum Gasteiger partial charge on any atom is 0.317 e. The SMILES string of the molecule is CN(C)S(=O)(=O)c1ccc2c(c1)CN(C(=O)NC1CCCCC1)CC2. The highest BCUT2D eigenvalue weighted by Gasteiger charge is 2.25. The molecule has 1 aliphatic heterocycles.